The van der Waals surface area contributed by atoms with Crippen LogP contribution in [0.2, 0.25) is 5.02 Å². The molecule has 1 heterocycles. The van der Waals surface area contributed by atoms with Crippen molar-refractivity contribution in [2.45, 2.75) is 20.8 Å². The number of benzene rings is 2. The molecule has 3 rings (SSSR count). The number of esters is 1. The molecule has 0 aliphatic heterocycles. The maximum Gasteiger partial charge on any atom is 0.351 e. The quantitative estimate of drug-likeness (QED) is 0.494. The average Bonchev–Trinajstić information content (AvgIpc) is 2.56. The van der Waals surface area contributed by atoms with E-state index in [2.05, 4.69) is 0 Å². The second-order valence-electron chi connectivity index (χ2n) is 5.77. The van der Waals surface area contributed by atoms with Gasteiger partial charge in [0.2, 0.25) is 0 Å². The molecule has 0 aliphatic rings. The second kappa shape index (κ2) is 6.73. The molecule has 0 saturated carbocycles. The van der Waals surface area contributed by atoms with Crippen molar-refractivity contribution >= 4 is 28.5 Å². The minimum atomic E-state index is -0.717. The van der Waals surface area contributed by atoms with Crippen LogP contribution >= 0.6 is 11.6 Å². The van der Waals surface area contributed by atoms with Gasteiger partial charge in [-0.15, -0.1) is 0 Å². The van der Waals surface area contributed by atoms with E-state index in [9.17, 15) is 9.59 Å². The van der Waals surface area contributed by atoms with Gasteiger partial charge in [0.15, 0.2) is 5.56 Å². The van der Waals surface area contributed by atoms with Gasteiger partial charge in [0, 0.05) is 16.0 Å². The third-order valence-electron chi connectivity index (χ3n) is 4.08. The summed E-state index contributed by atoms with van der Waals surface area (Å²) >= 11 is 6.28. The number of hydrogen-bond acceptors (Lipinski definition) is 4. The zero-order valence-corrected chi connectivity index (χ0v) is 14.9. The van der Waals surface area contributed by atoms with Crippen LogP contribution in [0.4, 0.5) is 0 Å². The molecule has 0 bridgehead atoms. The molecule has 5 heteroatoms. The number of ether oxygens (including phenoxy) is 1. The van der Waals surface area contributed by atoms with Crippen molar-refractivity contribution in [3.63, 3.8) is 0 Å². The Balaban J connectivity index is 2.50. The number of fused-ring (bicyclic) bond motifs is 1. The summed E-state index contributed by atoms with van der Waals surface area (Å²) in [5, 5.41) is 1.14. The topological polar surface area (TPSA) is 56.5 Å². The average molecular weight is 357 g/mol. The lowest BCUT2D eigenvalue weighted by Crippen LogP contribution is -2.19. The van der Waals surface area contributed by atoms with E-state index in [4.69, 9.17) is 20.8 Å². The number of aryl methyl sites for hydroxylation is 2. The van der Waals surface area contributed by atoms with Gasteiger partial charge in [-0.3, -0.25) is 0 Å². The molecule has 0 amide bonds. The van der Waals surface area contributed by atoms with Crippen LogP contribution in [-0.4, -0.2) is 12.6 Å². The smallest absolute Gasteiger partial charge is 0.351 e. The standard InChI is InChI=1S/C20H17ClO4/c1-4-24-19(22)18-17(13-8-6-5-7-11(13)2)14-10-15(21)12(3)9-16(14)25-20(18)23/h5-10H,4H2,1-3H3. The SMILES string of the molecule is CCOC(=O)c1c(-c2ccccc2C)c2cc(Cl)c(C)cc2oc1=O. The summed E-state index contributed by atoms with van der Waals surface area (Å²) in [6.07, 6.45) is 0. The van der Waals surface area contributed by atoms with Crippen LogP contribution in [0, 0.1) is 13.8 Å². The van der Waals surface area contributed by atoms with Crippen molar-refractivity contribution in [2.75, 3.05) is 6.61 Å². The summed E-state index contributed by atoms with van der Waals surface area (Å²) in [5.74, 6) is -0.701. The van der Waals surface area contributed by atoms with E-state index in [0.717, 1.165) is 16.7 Å². The monoisotopic (exact) mass is 356 g/mol. The first-order chi connectivity index (χ1) is 11.9. The fraction of sp³-hybridized carbons (Fsp3) is 0.200. The van der Waals surface area contributed by atoms with Gasteiger partial charge in [-0.1, -0.05) is 35.9 Å². The molecule has 2 aromatic carbocycles. The molecule has 0 unspecified atom stereocenters. The largest absolute Gasteiger partial charge is 0.462 e. The molecule has 0 aliphatic carbocycles. The maximum absolute atomic E-state index is 12.6. The van der Waals surface area contributed by atoms with E-state index < -0.39 is 11.6 Å². The molecule has 0 radical (unpaired) electrons. The Morgan fingerprint density at radius 1 is 1.16 bits per heavy atom. The predicted molar refractivity (Wildman–Crippen MR) is 98.4 cm³/mol. The highest BCUT2D eigenvalue weighted by atomic mass is 35.5. The number of halogens is 1. The van der Waals surface area contributed by atoms with Gasteiger partial charge in [-0.25, -0.2) is 9.59 Å². The van der Waals surface area contributed by atoms with Gasteiger partial charge in [0.05, 0.1) is 6.61 Å². The molecule has 4 nitrogen and oxygen atoms in total. The summed E-state index contributed by atoms with van der Waals surface area (Å²) in [4.78, 5) is 25.0. The van der Waals surface area contributed by atoms with Crippen molar-refractivity contribution in [3.05, 3.63) is 68.5 Å². The Kier molecular flexibility index (Phi) is 4.64. The van der Waals surface area contributed by atoms with E-state index in [1.807, 2.05) is 38.1 Å². The zero-order valence-electron chi connectivity index (χ0n) is 14.2. The first kappa shape index (κ1) is 17.2. The predicted octanol–water partition coefficient (Wildman–Crippen LogP) is 4.91. The Bertz CT molecular complexity index is 1030. The lowest BCUT2D eigenvalue weighted by atomic mass is 9.93. The second-order valence-corrected chi connectivity index (χ2v) is 6.18. The molecule has 0 spiro atoms. The van der Waals surface area contributed by atoms with Crippen molar-refractivity contribution in [1.29, 1.82) is 0 Å². The number of carbonyl (C=O) groups excluding carboxylic acids is 1. The van der Waals surface area contributed by atoms with E-state index in [1.165, 1.54) is 0 Å². The lowest BCUT2D eigenvalue weighted by molar-refractivity contribution is 0.0523. The first-order valence-corrected chi connectivity index (χ1v) is 8.32. The number of hydrogen-bond donors (Lipinski definition) is 0. The molecule has 0 N–H and O–H groups in total. The van der Waals surface area contributed by atoms with Crippen LogP contribution in [0.25, 0.3) is 22.1 Å². The normalized spacial score (nSPS) is 10.9. The van der Waals surface area contributed by atoms with E-state index >= 15 is 0 Å². The highest BCUT2D eigenvalue weighted by molar-refractivity contribution is 6.32. The molecular weight excluding hydrogens is 340 g/mol. The van der Waals surface area contributed by atoms with Gasteiger partial charge < -0.3 is 9.15 Å². The van der Waals surface area contributed by atoms with Crippen LogP contribution in [0.5, 0.6) is 0 Å². The summed E-state index contributed by atoms with van der Waals surface area (Å²) in [6.45, 7) is 5.60. The Morgan fingerprint density at radius 2 is 1.88 bits per heavy atom. The van der Waals surface area contributed by atoms with Crippen molar-refractivity contribution < 1.29 is 13.9 Å². The van der Waals surface area contributed by atoms with E-state index in [0.29, 0.717) is 21.6 Å². The third-order valence-corrected chi connectivity index (χ3v) is 4.49. The Morgan fingerprint density at radius 3 is 2.56 bits per heavy atom. The molecule has 25 heavy (non-hydrogen) atoms. The molecule has 128 valence electrons. The summed E-state index contributed by atoms with van der Waals surface area (Å²) in [7, 11) is 0. The first-order valence-electron chi connectivity index (χ1n) is 7.94. The van der Waals surface area contributed by atoms with Gasteiger partial charge in [-0.05, 0) is 49.6 Å². The van der Waals surface area contributed by atoms with Crippen molar-refractivity contribution in [1.82, 2.24) is 0 Å². The molecule has 3 aromatic rings. The summed E-state index contributed by atoms with van der Waals surface area (Å²) in [6, 6.07) is 11.0. The van der Waals surface area contributed by atoms with Crippen LogP contribution in [0.3, 0.4) is 0 Å². The minimum absolute atomic E-state index is 0.108. The van der Waals surface area contributed by atoms with Gasteiger partial charge >= 0.3 is 11.6 Å². The lowest BCUT2D eigenvalue weighted by Gasteiger charge is -2.14. The Hall–Kier alpha value is -2.59. The maximum atomic E-state index is 12.6. The number of rotatable bonds is 3. The third kappa shape index (κ3) is 3.05. The molecule has 0 saturated heterocycles. The summed E-state index contributed by atoms with van der Waals surface area (Å²) in [5.41, 5.74) is 2.54. The number of carbonyl (C=O) groups is 1. The van der Waals surface area contributed by atoms with Crippen LogP contribution in [-0.2, 0) is 4.74 Å². The van der Waals surface area contributed by atoms with E-state index in [-0.39, 0.29) is 12.2 Å². The van der Waals surface area contributed by atoms with Crippen LogP contribution in [0.1, 0.15) is 28.4 Å². The van der Waals surface area contributed by atoms with Crippen LogP contribution in [0.15, 0.2) is 45.6 Å². The molecule has 1 aromatic heterocycles. The van der Waals surface area contributed by atoms with E-state index in [1.54, 1.807) is 19.1 Å². The molecule has 0 atom stereocenters. The van der Waals surface area contributed by atoms with Gasteiger partial charge in [0.1, 0.15) is 5.58 Å². The molecular formula is C20H17ClO4. The zero-order chi connectivity index (χ0) is 18.1. The Labute approximate surface area is 150 Å². The van der Waals surface area contributed by atoms with Gasteiger partial charge in [0.25, 0.3) is 0 Å². The van der Waals surface area contributed by atoms with Crippen LogP contribution < -0.4 is 5.63 Å². The highest BCUT2D eigenvalue weighted by Gasteiger charge is 2.24. The fourth-order valence-electron chi connectivity index (χ4n) is 2.84. The molecule has 0 fully saturated rings. The van der Waals surface area contributed by atoms with Gasteiger partial charge in [-0.2, -0.15) is 0 Å². The highest BCUT2D eigenvalue weighted by Crippen LogP contribution is 2.35. The van der Waals surface area contributed by atoms with Crippen molar-refractivity contribution in [3.8, 4) is 11.1 Å². The minimum Gasteiger partial charge on any atom is -0.462 e. The summed E-state index contributed by atoms with van der Waals surface area (Å²) < 4.78 is 10.5. The van der Waals surface area contributed by atoms with Crippen molar-refractivity contribution in [2.24, 2.45) is 0 Å². The fourth-order valence-corrected chi connectivity index (χ4v) is 3.01.